The maximum absolute atomic E-state index is 13.8. The molecule has 0 radical (unpaired) electrons. The molecule has 0 saturated heterocycles. The van der Waals surface area contributed by atoms with Gasteiger partial charge in [-0.1, -0.05) is 37.3 Å². The Morgan fingerprint density at radius 2 is 1.73 bits per heavy atom. The Bertz CT molecular complexity index is 1780. The van der Waals surface area contributed by atoms with Gasteiger partial charge in [-0.15, -0.1) is 0 Å². The number of ketones is 1. The number of nitrogens with one attached hydrogen (secondary N) is 1. The minimum Gasteiger partial charge on any atom is -0.480 e. The van der Waals surface area contributed by atoms with Gasteiger partial charge in [-0.2, -0.15) is 8.78 Å². The summed E-state index contributed by atoms with van der Waals surface area (Å²) in [5.41, 5.74) is 3.22. The van der Waals surface area contributed by atoms with Crippen LogP contribution in [0.25, 0.3) is 22.1 Å². The Labute approximate surface area is 247 Å². The molecule has 0 saturated carbocycles. The van der Waals surface area contributed by atoms with Crippen LogP contribution in [0.2, 0.25) is 0 Å². The molecule has 2 amide bonds. The highest BCUT2D eigenvalue weighted by molar-refractivity contribution is 6.03. The summed E-state index contributed by atoms with van der Waals surface area (Å²) in [5.74, 6) is -12.7. The molecule has 1 aliphatic rings. The molecule has 5 rings (SSSR count). The van der Waals surface area contributed by atoms with Gasteiger partial charge < -0.3 is 24.5 Å². The first-order valence-corrected chi connectivity index (χ1v) is 13.4. The van der Waals surface area contributed by atoms with Crippen LogP contribution in [0.5, 0.6) is 5.75 Å². The number of halogens is 4. The monoisotopic (exact) mass is 612 g/mol. The minimum atomic E-state index is -1.87. The maximum Gasteiger partial charge on any atom is 0.326 e. The topological polar surface area (TPSA) is 126 Å². The van der Waals surface area contributed by atoms with E-state index in [2.05, 4.69) is 10.1 Å². The highest BCUT2D eigenvalue weighted by Crippen LogP contribution is 2.34. The predicted molar refractivity (Wildman–Crippen MR) is 147 cm³/mol. The maximum atomic E-state index is 13.8. The van der Waals surface area contributed by atoms with Gasteiger partial charge in [0, 0.05) is 35.5 Å². The fourth-order valence-corrected chi connectivity index (χ4v) is 5.08. The van der Waals surface area contributed by atoms with Crippen LogP contribution in [0.4, 0.5) is 17.6 Å². The first-order valence-electron chi connectivity index (χ1n) is 13.4. The third kappa shape index (κ3) is 5.72. The second kappa shape index (κ2) is 12.2. The van der Waals surface area contributed by atoms with E-state index < -0.39 is 77.7 Å². The molecular formula is C31H24F4N2O7. The Morgan fingerprint density at radius 3 is 2.41 bits per heavy atom. The molecule has 2 N–H and O–H groups in total. The number of fused-ring (bicyclic) bond motifs is 2. The first-order chi connectivity index (χ1) is 21.0. The van der Waals surface area contributed by atoms with Crippen molar-refractivity contribution in [3.63, 3.8) is 0 Å². The lowest BCUT2D eigenvalue weighted by Gasteiger charge is -2.27. The zero-order chi connectivity index (χ0) is 31.7. The Kier molecular flexibility index (Phi) is 8.39. The molecule has 1 aromatic heterocycles. The van der Waals surface area contributed by atoms with Gasteiger partial charge in [0.25, 0.3) is 5.91 Å². The van der Waals surface area contributed by atoms with Gasteiger partial charge in [-0.05, 0) is 29.7 Å². The van der Waals surface area contributed by atoms with Crippen LogP contribution >= 0.6 is 0 Å². The molecule has 2 unspecified atom stereocenters. The Balaban J connectivity index is 1.26. The van der Waals surface area contributed by atoms with E-state index in [0.717, 1.165) is 16.5 Å². The number of Topliss-reactive ketones (excluding diaryl/α,β-unsaturated/α-hetero) is 1. The molecule has 0 aliphatic carbocycles. The van der Waals surface area contributed by atoms with Crippen LogP contribution in [0.15, 0.2) is 59.2 Å². The second-order valence-electron chi connectivity index (χ2n) is 10.1. The summed E-state index contributed by atoms with van der Waals surface area (Å²) < 4.78 is 64.6. The zero-order valence-electron chi connectivity index (χ0n) is 23.0. The lowest BCUT2D eigenvalue weighted by atomic mass is 10.00. The average molecular weight is 613 g/mol. The van der Waals surface area contributed by atoms with E-state index >= 15 is 0 Å². The summed E-state index contributed by atoms with van der Waals surface area (Å²) in [6.45, 7) is 0.569. The van der Waals surface area contributed by atoms with E-state index in [0.29, 0.717) is 16.7 Å². The van der Waals surface area contributed by atoms with E-state index in [9.17, 15) is 41.8 Å². The van der Waals surface area contributed by atoms with E-state index in [1.165, 1.54) is 4.90 Å². The smallest absolute Gasteiger partial charge is 0.326 e. The first kappa shape index (κ1) is 30.3. The van der Waals surface area contributed by atoms with Crippen LogP contribution in [-0.4, -0.2) is 52.3 Å². The molecule has 1 aliphatic heterocycles. The summed E-state index contributed by atoms with van der Waals surface area (Å²) in [4.78, 5) is 52.1. The van der Waals surface area contributed by atoms with Crippen molar-refractivity contribution >= 4 is 34.5 Å². The highest BCUT2D eigenvalue weighted by atomic mass is 19.2. The molecule has 9 nitrogen and oxygen atoms in total. The van der Waals surface area contributed by atoms with Gasteiger partial charge in [0.15, 0.2) is 23.2 Å². The van der Waals surface area contributed by atoms with Crippen molar-refractivity contribution in [2.45, 2.75) is 38.4 Å². The lowest BCUT2D eigenvalue weighted by molar-refractivity contribution is -0.144. The molecular weight excluding hydrogens is 588 g/mol. The van der Waals surface area contributed by atoms with Crippen molar-refractivity contribution in [1.29, 1.82) is 0 Å². The summed E-state index contributed by atoms with van der Waals surface area (Å²) in [6, 6.07) is 9.78. The number of carbonyl (C=O) groups excluding carboxylic acids is 3. The van der Waals surface area contributed by atoms with E-state index in [-0.39, 0.29) is 19.0 Å². The van der Waals surface area contributed by atoms with Crippen LogP contribution in [0.3, 0.4) is 0 Å². The molecule has 0 bridgehead atoms. The second-order valence-corrected chi connectivity index (χ2v) is 10.1. The molecule has 0 fully saturated rings. The molecule has 228 valence electrons. The molecule has 2 heterocycles. The van der Waals surface area contributed by atoms with Crippen LogP contribution in [-0.2, 0) is 20.9 Å². The lowest BCUT2D eigenvalue weighted by Crippen LogP contribution is -2.52. The number of carboxylic acids is 1. The third-order valence-corrected chi connectivity index (χ3v) is 7.29. The van der Waals surface area contributed by atoms with Crippen molar-refractivity contribution < 1.29 is 51.0 Å². The van der Waals surface area contributed by atoms with Gasteiger partial charge in [-0.25, -0.2) is 13.6 Å². The van der Waals surface area contributed by atoms with Crippen molar-refractivity contribution in [3.8, 4) is 16.9 Å². The van der Waals surface area contributed by atoms with Gasteiger partial charge in [0.05, 0.1) is 6.26 Å². The van der Waals surface area contributed by atoms with Crippen molar-refractivity contribution in [1.82, 2.24) is 10.2 Å². The summed E-state index contributed by atoms with van der Waals surface area (Å²) >= 11 is 0. The Hall–Kier alpha value is -5.20. The minimum absolute atomic E-state index is 0.0384. The number of hydrogen-bond donors (Lipinski definition) is 2. The fraction of sp³-hybridized carbons (Fsp3) is 0.226. The number of benzene rings is 3. The van der Waals surface area contributed by atoms with Crippen LogP contribution in [0.1, 0.15) is 35.7 Å². The number of para-hydroxylation sites is 1. The quantitative estimate of drug-likeness (QED) is 0.180. The van der Waals surface area contributed by atoms with Crippen LogP contribution < -0.4 is 10.1 Å². The molecule has 4 aromatic rings. The zero-order valence-corrected chi connectivity index (χ0v) is 23.0. The van der Waals surface area contributed by atoms with Gasteiger partial charge in [0.2, 0.25) is 17.5 Å². The van der Waals surface area contributed by atoms with E-state index in [1.54, 1.807) is 25.3 Å². The number of nitrogens with zero attached hydrogens (tertiary/aromatic N) is 1. The fourth-order valence-electron chi connectivity index (χ4n) is 5.08. The molecule has 3 aromatic carbocycles. The number of aliphatic carboxylic acids is 1. The summed E-state index contributed by atoms with van der Waals surface area (Å²) in [7, 11) is 0. The third-order valence-electron chi connectivity index (χ3n) is 7.29. The number of amides is 2. The molecule has 2 atom stereocenters. The summed E-state index contributed by atoms with van der Waals surface area (Å²) in [6.07, 6.45) is 0.820. The van der Waals surface area contributed by atoms with E-state index in [1.807, 2.05) is 30.3 Å². The Morgan fingerprint density at radius 1 is 1.02 bits per heavy atom. The summed E-state index contributed by atoms with van der Waals surface area (Å²) in [5, 5.41) is 12.7. The number of carbonyl (C=O) groups is 4. The predicted octanol–water partition coefficient (Wildman–Crippen LogP) is 5.00. The SMILES string of the molecule is CCC(C(=O)NC(CC(=O)COc1c(F)c(F)cc(F)c1F)C(=O)O)N1Cc2ccc(-c3coc4ccccc34)cc2C1=O. The standard InChI is InChI=1S/C31H24F4N2O7/c1-2-24(29(39)36-23(31(41)42)10-17(38)13-44-28-26(34)21(32)11-22(33)27(28)35)37-12-16-8-7-15(9-19(16)30(37)40)20-14-43-25-6-4-3-5-18(20)25/h3-9,11,14,23-24H,2,10,12-13H2,1H3,(H,36,39)(H,41,42). The normalized spacial score (nSPS) is 13.9. The van der Waals surface area contributed by atoms with Gasteiger partial charge >= 0.3 is 5.97 Å². The van der Waals surface area contributed by atoms with Crippen LogP contribution in [0, 0.1) is 23.3 Å². The number of carboxylic acid groups (broad SMARTS) is 1. The van der Waals surface area contributed by atoms with E-state index in [4.69, 9.17) is 4.42 Å². The largest absolute Gasteiger partial charge is 0.480 e. The number of ether oxygens (including phenoxy) is 1. The van der Waals surface area contributed by atoms with Crippen molar-refractivity contribution in [3.05, 3.63) is 89.2 Å². The van der Waals surface area contributed by atoms with Crippen molar-refractivity contribution in [2.24, 2.45) is 0 Å². The van der Waals surface area contributed by atoms with Gasteiger partial charge in [-0.3, -0.25) is 14.4 Å². The van der Waals surface area contributed by atoms with Crippen molar-refractivity contribution in [2.75, 3.05) is 6.61 Å². The highest BCUT2D eigenvalue weighted by Gasteiger charge is 2.37. The molecule has 44 heavy (non-hydrogen) atoms. The average Bonchev–Trinajstić information content (AvgIpc) is 3.57. The number of furan rings is 1. The number of rotatable bonds is 11. The van der Waals surface area contributed by atoms with Gasteiger partial charge in [0.1, 0.15) is 24.3 Å². The number of hydrogen-bond acceptors (Lipinski definition) is 6. The molecule has 0 spiro atoms. The molecule has 13 heteroatoms.